The van der Waals surface area contributed by atoms with Crippen molar-refractivity contribution in [1.82, 2.24) is 0 Å². The van der Waals surface area contributed by atoms with Gasteiger partial charge in [0.25, 0.3) is 0 Å². The second-order valence-electron chi connectivity index (χ2n) is 3.06. The Bertz CT molecular complexity index is 69.3. The number of aliphatic hydroxyl groups is 1. The SMILES string of the molecule is C[Si](C)(C)C(O)CS. The zero-order chi connectivity index (χ0) is 6.78. The van der Waals surface area contributed by atoms with Gasteiger partial charge in [0.2, 0.25) is 0 Å². The number of thiol groups is 1. The van der Waals surface area contributed by atoms with Gasteiger partial charge in [-0.3, -0.25) is 0 Å². The minimum atomic E-state index is -1.28. The lowest BCUT2D eigenvalue weighted by atomic mass is 10.9. The summed E-state index contributed by atoms with van der Waals surface area (Å²) in [4.78, 5) is 0. The van der Waals surface area contributed by atoms with E-state index in [1.807, 2.05) is 0 Å². The van der Waals surface area contributed by atoms with E-state index >= 15 is 0 Å². The standard InChI is InChI=1S/C5H14OSSi/c1-8(2,3)5(6)4-7/h5-7H,4H2,1-3H3. The molecule has 0 radical (unpaired) electrons. The Labute approximate surface area is 57.5 Å². The molecule has 0 aliphatic rings. The quantitative estimate of drug-likeness (QED) is 0.447. The minimum Gasteiger partial charge on any atom is -0.396 e. The molecular formula is C5H14OSSi. The Morgan fingerprint density at radius 2 is 1.88 bits per heavy atom. The molecule has 0 rings (SSSR count). The fourth-order valence-corrected chi connectivity index (χ4v) is 2.46. The van der Waals surface area contributed by atoms with Crippen LogP contribution in [0, 0.1) is 0 Å². The van der Waals surface area contributed by atoms with E-state index < -0.39 is 8.07 Å². The molecule has 0 aliphatic carbocycles. The molecule has 8 heavy (non-hydrogen) atoms. The molecule has 0 spiro atoms. The third-order valence-corrected chi connectivity index (χ3v) is 4.07. The summed E-state index contributed by atoms with van der Waals surface area (Å²) in [7, 11) is -1.28. The monoisotopic (exact) mass is 150 g/mol. The van der Waals surface area contributed by atoms with Crippen molar-refractivity contribution in [3.63, 3.8) is 0 Å². The van der Waals surface area contributed by atoms with E-state index in [4.69, 9.17) is 0 Å². The van der Waals surface area contributed by atoms with Crippen LogP contribution in [-0.4, -0.2) is 24.7 Å². The minimum absolute atomic E-state index is 0.147. The topological polar surface area (TPSA) is 20.2 Å². The van der Waals surface area contributed by atoms with Crippen molar-refractivity contribution in [3.8, 4) is 0 Å². The van der Waals surface area contributed by atoms with Gasteiger partial charge in [-0.1, -0.05) is 19.6 Å². The van der Waals surface area contributed by atoms with Gasteiger partial charge in [0.05, 0.1) is 13.8 Å². The van der Waals surface area contributed by atoms with Gasteiger partial charge in [0.1, 0.15) is 0 Å². The molecule has 1 nitrogen and oxygen atoms in total. The Balaban J connectivity index is 3.62. The molecule has 0 aromatic carbocycles. The number of rotatable bonds is 2. The van der Waals surface area contributed by atoms with Crippen molar-refractivity contribution in [2.24, 2.45) is 0 Å². The largest absolute Gasteiger partial charge is 0.396 e. The lowest BCUT2D eigenvalue weighted by Crippen LogP contribution is -2.39. The molecule has 3 heteroatoms. The smallest absolute Gasteiger partial charge is 0.0792 e. The molecule has 1 N–H and O–H groups in total. The van der Waals surface area contributed by atoms with Gasteiger partial charge in [0.15, 0.2) is 0 Å². The van der Waals surface area contributed by atoms with E-state index in [-0.39, 0.29) is 5.73 Å². The molecule has 0 saturated carbocycles. The average Bonchev–Trinajstić information content (AvgIpc) is 1.62. The van der Waals surface area contributed by atoms with Gasteiger partial charge in [-0.15, -0.1) is 0 Å². The highest BCUT2D eigenvalue weighted by Crippen LogP contribution is 2.07. The maximum absolute atomic E-state index is 9.18. The second-order valence-corrected chi connectivity index (χ2v) is 8.83. The predicted octanol–water partition coefficient (Wildman–Crippen LogP) is 1.15. The van der Waals surface area contributed by atoms with E-state index in [0.29, 0.717) is 5.75 Å². The Morgan fingerprint density at radius 3 is 1.88 bits per heavy atom. The molecule has 50 valence electrons. The fourth-order valence-electron chi connectivity index (χ4n) is 0.274. The third kappa shape index (κ3) is 2.74. The first kappa shape index (κ1) is 8.53. The van der Waals surface area contributed by atoms with E-state index in [0.717, 1.165) is 0 Å². The average molecular weight is 150 g/mol. The first-order valence-electron chi connectivity index (χ1n) is 2.77. The first-order valence-corrected chi connectivity index (χ1v) is 6.98. The van der Waals surface area contributed by atoms with Crippen LogP contribution in [0.3, 0.4) is 0 Å². The lowest BCUT2D eigenvalue weighted by Gasteiger charge is -2.21. The second kappa shape index (κ2) is 2.89. The summed E-state index contributed by atoms with van der Waals surface area (Å²) in [6.07, 6.45) is 0. The van der Waals surface area contributed by atoms with Crippen LogP contribution in [0.15, 0.2) is 0 Å². The summed E-state index contributed by atoms with van der Waals surface area (Å²) < 4.78 is 0. The van der Waals surface area contributed by atoms with Crippen molar-refractivity contribution >= 4 is 20.7 Å². The van der Waals surface area contributed by atoms with Gasteiger partial charge in [-0.2, -0.15) is 12.6 Å². The molecule has 1 unspecified atom stereocenters. The maximum atomic E-state index is 9.18. The van der Waals surface area contributed by atoms with Crippen molar-refractivity contribution in [3.05, 3.63) is 0 Å². The van der Waals surface area contributed by atoms with Crippen LogP contribution in [0.5, 0.6) is 0 Å². The first-order chi connectivity index (χ1) is 3.48. The van der Waals surface area contributed by atoms with Crippen molar-refractivity contribution in [1.29, 1.82) is 0 Å². The summed E-state index contributed by atoms with van der Waals surface area (Å²) in [5.41, 5.74) is -0.147. The highest BCUT2D eigenvalue weighted by Gasteiger charge is 2.22. The maximum Gasteiger partial charge on any atom is 0.0792 e. The molecule has 0 bridgehead atoms. The zero-order valence-electron chi connectivity index (χ0n) is 5.68. The summed E-state index contributed by atoms with van der Waals surface area (Å²) in [6, 6.07) is 0. The van der Waals surface area contributed by atoms with Gasteiger partial charge < -0.3 is 5.11 Å². The Kier molecular flexibility index (Phi) is 3.08. The normalized spacial score (nSPS) is 16.1. The molecule has 0 amide bonds. The number of hydrogen-bond acceptors (Lipinski definition) is 2. The Hall–Kier alpha value is 0.527. The van der Waals surface area contributed by atoms with Gasteiger partial charge in [0, 0.05) is 5.75 Å². The van der Waals surface area contributed by atoms with Gasteiger partial charge in [-0.25, -0.2) is 0 Å². The summed E-state index contributed by atoms with van der Waals surface area (Å²) in [5, 5.41) is 9.18. The van der Waals surface area contributed by atoms with E-state index in [1.165, 1.54) is 0 Å². The highest BCUT2D eigenvalue weighted by atomic mass is 32.1. The zero-order valence-corrected chi connectivity index (χ0v) is 7.57. The molecule has 0 saturated heterocycles. The van der Waals surface area contributed by atoms with Crippen molar-refractivity contribution in [2.75, 3.05) is 5.75 Å². The summed E-state index contributed by atoms with van der Waals surface area (Å²) >= 11 is 3.99. The van der Waals surface area contributed by atoms with E-state index in [1.54, 1.807) is 0 Å². The van der Waals surface area contributed by atoms with Crippen LogP contribution >= 0.6 is 12.6 Å². The highest BCUT2D eigenvalue weighted by molar-refractivity contribution is 7.80. The molecule has 0 aromatic rings. The molecule has 0 fully saturated rings. The van der Waals surface area contributed by atoms with Crippen LogP contribution in [-0.2, 0) is 0 Å². The van der Waals surface area contributed by atoms with Crippen LogP contribution in [0.1, 0.15) is 0 Å². The van der Waals surface area contributed by atoms with E-state index in [2.05, 4.69) is 32.3 Å². The third-order valence-electron chi connectivity index (χ3n) is 1.17. The van der Waals surface area contributed by atoms with Crippen LogP contribution in [0.25, 0.3) is 0 Å². The lowest BCUT2D eigenvalue weighted by molar-refractivity contribution is 0.269. The Morgan fingerprint density at radius 1 is 1.50 bits per heavy atom. The van der Waals surface area contributed by atoms with Crippen LogP contribution < -0.4 is 0 Å². The molecule has 0 aliphatic heterocycles. The number of aliphatic hydroxyl groups excluding tert-OH is 1. The summed E-state index contributed by atoms with van der Waals surface area (Å²) in [6.45, 7) is 6.40. The molecule has 0 aromatic heterocycles. The molecule has 1 atom stereocenters. The summed E-state index contributed by atoms with van der Waals surface area (Å²) in [5.74, 6) is 0.607. The molecular weight excluding hydrogens is 136 g/mol. The van der Waals surface area contributed by atoms with Crippen LogP contribution in [0.4, 0.5) is 0 Å². The van der Waals surface area contributed by atoms with Crippen molar-refractivity contribution < 1.29 is 5.11 Å². The number of hydrogen-bond donors (Lipinski definition) is 2. The van der Waals surface area contributed by atoms with Gasteiger partial charge >= 0.3 is 0 Å². The predicted molar refractivity (Wildman–Crippen MR) is 43.2 cm³/mol. The fraction of sp³-hybridized carbons (Fsp3) is 1.00. The van der Waals surface area contributed by atoms with E-state index in [9.17, 15) is 5.11 Å². The van der Waals surface area contributed by atoms with Crippen molar-refractivity contribution in [2.45, 2.75) is 25.4 Å². The van der Waals surface area contributed by atoms with Crippen LogP contribution in [0.2, 0.25) is 19.6 Å². The van der Waals surface area contributed by atoms with Gasteiger partial charge in [-0.05, 0) is 0 Å². The molecule has 0 heterocycles.